The lowest BCUT2D eigenvalue weighted by atomic mass is 9.81. The summed E-state index contributed by atoms with van der Waals surface area (Å²) in [6, 6.07) is 0. The van der Waals surface area contributed by atoms with Gasteiger partial charge in [0.2, 0.25) is 0 Å². The minimum atomic E-state index is 0.603. The molecule has 0 N–H and O–H groups in total. The molecule has 0 bridgehead atoms. The highest BCUT2D eigenvalue weighted by molar-refractivity contribution is 4.71. The largest absolute Gasteiger partial charge is 0.0654 e. The van der Waals surface area contributed by atoms with Gasteiger partial charge in [-0.1, -0.05) is 53.9 Å². The second-order valence-electron chi connectivity index (χ2n) is 3.79. The smallest absolute Gasteiger partial charge is 0.0389 e. The average Bonchev–Trinajstić information content (AvgIpc) is 1.98. The molecule has 67 valence electrons. The van der Waals surface area contributed by atoms with Crippen molar-refractivity contribution in [2.24, 2.45) is 17.8 Å². The lowest BCUT2D eigenvalue weighted by molar-refractivity contribution is 0.270. The van der Waals surface area contributed by atoms with E-state index in [1.165, 1.54) is 19.3 Å². The fourth-order valence-electron chi connectivity index (χ4n) is 1.67. The van der Waals surface area contributed by atoms with Crippen molar-refractivity contribution in [1.29, 1.82) is 0 Å². The van der Waals surface area contributed by atoms with Crippen molar-refractivity contribution >= 4 is 0 Å². The van der Waals surface area contributed by atoms with Crippen molar-refractivity contribution in [3.63, 3.8) is 0 Å². The van der Waals surface area contributed by atoms with Gasteiger partial charge in [0.15, 0.2) is 0 Å². The summed E-state index contributed by atoms with van der Waals surface area (Å²) in [5.74, 6) is 2.29. The van der Waals surface area contributed by atoms with Gasteiger partial charge in [0.1, 0.15) is 0 Å². The summed E-state index contributed by atoms with van der Waals surface area (Å²) < 4.78 is 0. The summed E-state index contributed by atoms with van der Waals surface area (Å²) in [4.78, 5) is 0. The summed E-state index contributed by atoms with van der Waals surface area (Å²) in [5, 5.41) is 0. The molecular formula is C11H23. The number of hydrogen-bond acceptors (Lipinski definition) is 0. The molecule has 1 radical (unpaired) electrons. The fourth-order valence-corrected chi connectivity index (χ4v) is 1.67. The first kappa shape index (κ1) is 11.0. The van der Waals surface area contributed by atoms with E-state index in [1.54, 1.807) is 0 Å². The normalized spacial score (nSPS) is 16.9. The first-order valence-corrected chi connectivity index (χ1v) is 4.96. The van der Waals surface area contributed by atoms with Crippen LogP contribution >= 0.6 is 0 Å². The third kappa shape index (κ3) is 3.79. The Labute approximate surface area is 72.4 Å². The highest BCUT2D eigenvalue weighted by atomic mass is 14.2. The Morgan fingerprint density at radius 1 is 1.18 bits per heavy atom. The van der Waals surface area contributed by atoms with Gasteiger partial charge in [0.25, 0.3) is 0 Å². The molecule has 0 aliphatic heterocycles. The molecule has 0 aromatic rings. The maximum Gasteiger partial charge on any atom is -0.0389 e. The molecule has 0 nitrogen and oxygen atoms in total. The molecule has 0 heterocycles. The summed E-state index contributed by atoms with van der Waals surface area (Å²) in [6.45, 7) is 13.2. The molecule has 0 aromatic carbocycles. The molecule has 0 saturated heterocycles. The van der Waals surface area contributed by atoms with Crippen molar-refractivity contribution < 1.29 is 0 Å². The van der Waals surface area contributed by atoms with E-state index in [0.29, 0.717) is 5.92 Å². The fraction of sp³-hybridized carbons (Fsp3) is 0.909. The van der Waals surface area contributed by atoms with Crippen molar-refractivity contribution in [2.75, 3.05) is 0 Å². The van der Waals surface area contributed by atoms with E-state index >= 15 is 0 Å². The minimum Gasteiger partial charge on any atom is -0.0654 e. The van der Waals surface area contributed by atoms with Crippen molar-refractivity contribution in [3.8, 4) is 0 Å². The zero-order chi connectivity index (χ0) is 8.85. The van der Waals surface area contributed by atoms with Crippen LogP contribution in [0.25, 0.3) is 0 Å². The zero-order valence-corrected chi connectivity index (χ0v) is 8.56. The van der Waals surface area contributed by atoms with Crippen LogP contribution in [0.4, 0.5) is 0 Å². The van der Waals surface area contributed by atoms with E-state index in [1.807, 2.05) is 0 Å². The van der Waals surface area contributed by atoms with E-state index in [-0.39, 0.29) is 0 Å². The van der Waals surface area contributed by atoms with Crippen LogP contribution < -0.4 is 0 Å². The second-order valence-corrected chi connectivity index (χ2v) is 3.79. The second kappa shape index (κ2) is 5.62. The van der Waals surface area contributed by atoms with Gasteiger partial charge in [-0.15, -0.1) is 0 Å². The highest BCUT2D eigenvalue weighted by Gasteiger charge is 2.16. The monoisotopic (exact) mass is 155 g/mol. The molecule has 0 heteroatoms. The third-order valence-electron chi connectivity index (χ3n) is 2.82. The van der Waals surface area contributed by atoms with Crippen LogP contribution in [-0.4, -0.2) is 0 Å². The molecule has 0 amide bonds. The topological polar surface area (TPSA) is 0 Å². The Kier molecular flexibility index (Phi) is 5.62. The predicted octanol–water partition coefficient (Wildman–Crippen LogP) is 3.92. The van der Waals surface area contributed by atoms with E-state index < -0.39 is 0 Å². The van der Waals surface area contributed by atoms with Gasteiger partial charge in [-0.2, -0.15) is 0 Å². The van der Waals surface area contributed by atoms with E-state index in [4.69, 9.17) is 0 Å². The molecule has 0 spiro atoms. The third-order valence-corrected chi connectivity index (χ3v) is 2.82. The van der Waals surface area contributed by atoms with Crippen LogP contribution in [-0.2, 0) is 0 Å². The van der Waals surface area contributed by atoms with Gasteiger partial charge in [-0.3, -0.25) is 0 Å². The van der Waals surface area contributed by atoms with Gasteiger partial charge in [-0.05, 0) is 17.8 Å². The van der Waals surface area contributed by atoms with Gasteiger partial charge in [-0.25, -0.2) is 0 Å². The van der Waals surface area contributed by atoms with Crippen molar-refractivity contribution in [3.05, 3.63) is 6.92 Å². The standard InChI is InChI=1S/C11H23/c1-6-8-11(7-2)10(5)9(3)4/h9-11H,3,6-8H2,1-2,4-5H3. The van der Waals surface area contributed by atoms with E-state index in [9.17, 15) is 0 Å². The Bertz CT molecular complexity index is 84.0. The minimum absolute atomic E-state index is 0.603. The van der Waals surface area contributed by atoms with Crippen LogP contribution in [0.3, 0.4) is 0 Å². The quantitative estimate of drug-likeness (QED) is 0.564. The Balaban J connectivity index is 3.81. The van der Waals surface area contributed by atoms with E-state index in [0.717, 1.165) is 11.8 Å². The molecule has 3 atom stereocenters. The molecule has 0 saturated carbocycles. The summed E-state index contributed by atoms with van der Waals surface area (Å²) in [5.41, 5.74) is 0. The van der Waals surface area contributed by atoms with Gasteiger partial charge >= 0.3 is 0 Å². The van der Waals surface area contributed by atoms with Gasteiger partial charge < -0.3 is 0 Å². The number of rotatable bonds is 5. The van der Waals surface area contributed by atoms with Crippen LogP contribution in [0.2, 0.25) is 0 Å². The molecule has 11 heavy (non-hydrogen) atoms. The van der Waals surface area contributed by atoms with Crippen LogP contribution in [0.1, 0.15) is 47.0 Å². The summed E-state index contributed by atoms with van der Waals surface area (Å²) in [6.07, 6.45) is 4.00. The Hall–Kier alpha value is 0. The summed E-state index contributed by atoms with van der Waals surface area (Å²) >= 11 is 0. The van der Waals surface area contributed by atoms with Gasteiger partial charge in [0, 0.05) is 0 Å². The first-order valence-electron chi connectivity index (χ1n) is 4.96. The molecular weight excluding hydrogens is 132 g/mol. The van der Waals surface area contributed by atoms with Crippen LogP contribution in [0, 0.1) is 24.7 Å². The molecule has 0 rings (SSSR count). The van der Waals surface area contributed by atoms with Crippen molar-refractivity contribution in [1.82, 2.24) is 0 Å². The highest BCUT2D eigenvalue weighted by Crippen LogP contribution is 2.26. The number of hydrogen-bond donors (Lipinski definition) is 0. The predicted molar refractivity (Wildman–Crippen MR) is 52.4 cm³/mol. The van der Waals surface area contributed by atoms with Crippen LogP contribution in [0.15, 0.2) is 0 Å². The Morgan fingerprint density at radius 2 is 1.73 bits per heavy atom. The SMILES string of the molecule is [CH2]C(C)C(C)C(CC)CCC. The maximum absolute atomic E-state index is 4.09. The maximum atomic E-state index is 4.09. The molecule has 0 fully saturated rings. The Morgan fingerprint density at radius 3 is 2.00 bits per heavy atom. The molecule has 0 aromatic heterocycles. The molecule has 0 aliphatic carbocycles. The molecule has 3 unspecified atom stereocenters. The zero-order valence-electron chi connectivity index (χ0n) is 8.56. The van der Waals surface area contributed by atoms with Gasteiger partial charge in [0.05, 0.1) is 0 Å². The van der Waals surface area contributed by atoms with Crippen molar-refractivity contribution in [2.45, 2.75) is 47.0 Å². The van der Waals surface area contributed by atoms with Crippen LogP contribution in [0.5, 0.6) is 0 Å². The lowest BCUT2D eigenvalue weighted by Crippen LogP contribution is -2.16. The van der Waals surface area contributed by atoms with E-state index in [2.05, 4.69) is 34.6 Å². The average molecular weight is 155 g/mol. The first-order chi connectivity index (χ1) is 5.13. The lowest BCUT2D eigenvalue weighted by Gasteiger charge is -2.25. The molecule has 0 aliphatic rings. The summed E-state index contributed by atoms with van der Waals surface area (Å²) in [7, 11) is 0.